The number of rotatable bonds is 4. The second-order valence-corrected chi connectivity index (χ2v) is 7.21. The number of nitrogens with zero attached hydrogens (tertiary/aromatic N) is 1. The van der Waals surface area contributed by atoms with Crippen molar-refractivity contribution in [1.82, 2.24) is 4.31 Å². The van der Waals surface area contributed by atoms with Crippen LogP contribution in [-0.4, -0.2) is 32.4 Å². The van der Waals surface area contributed by atoms with Crippen molar-refractivity contribution >= 4 is 10.0 Å². The van der Waals surface area contributed by atoms with Gasteiger partial charge in [-0.2, -0.15) is 4.31 Å². The molecular weight excluding hydrogens is 260 g/mol. The van der Waals surface area contributed by atoms with E-state index in [2.05, 4.69) is 6.92 Å². The van der Waals surface area contributed by atoms with Crippen LogP contribution in [0.2, 0.25) is 0 Å². The van der Waals surface area contributed by atoms with E-state index >= 15 is 0 Å². The third-order valence-electron chi connectivity index (χ3n) is 3.74. The largest absolute Gasteiger partial charge is 0.330 e. The molecule has 0 atom stereocenters. The summed E-state index contributed by atoms with van der Waals surface area (Å²) in [5.41, 5.74) is 6.57. The lowest BCUT2D eigenvalue weighted by Crippen LogP contribution is -2.37. The zero-order valence-corrected chi connectivity index (χ0v) is 12.2. The summed E-state index contributed by atoms with van der Waals surface area (Å²) in [5, 5.41) is 0. The first kappa shape index (κ1) is 14.5. The number of nitrogens with two attached hydrogens (primary N) is 1. The van der Waals surface area contributed by atoms with Crippen molar-refractivity contribution in [3.05, 3.63) is 29.8 Å². The van der Waals surface area contributed by atoms with Gasteiger partial charge in [0.05, 0.1) is 4.90 Å². The van der Waals surface area contributed by atoms with E-state index in [-0.39, 0.29) is 0 Å². The zero-order valence-electron chi connectivity index (χ0n) is 11.4. The summed E-state index contributed by atoms with van der Waals surface area (Å²) in [7, 11) is -3.32. The molecule has 1 saturated heterocycles. The molecule has 1 aliphatic heterocycles. The Kier molecular flexibility index (Phi) is 4.60. The monoisotopic (exact) mass is 282 g/mol. The Bertz CT molecular complexity index is 503. The third-order valence-corrected chi connectivity index (χ3v) is 5.65. The van der Waals surface area contributed by atoms with E-state index in [1.165, 1.54) is 0 Å². The molecule has 1 aromatic rings. The first-order chi connectivity index (χ1) is 9.04. The molecular formula is C14H22N2O2S. The number of sulfonamides is 1. The summed E-state index contributed by atoms with van der Waals surface area (Å²) >= 11 is 0. The lowest BCUT2D eigenvalue weighted by atomic mass is 10.0. The molecule has 0 amide bonds. The number of hydrogen-bond donors (Lipinski definition) is 1. The van der Waals surface area contributed by atoms with E-state index in [9.17, 15) is 8.42 Å². The van der Waals surface area contributed by atoms with Crippen LogP contribution in [0.25, 0.3) is 0 Å². The SMILES string of the molecule is CC1CCN(S(=O)(=O)c2ccc(CCN)cc2)CC1. The second-order valence-electron chi connectivity index (χ2n) is 5.27. The minimum Gasteiger partial charge on any atom is -0.330 e. The Morgan fingerprint density at radius 1 is 1.21 bits per heavy atom. The molecule has 0 spiro atoms. The van der Waals surface area contributed by atoms with E-state index in [1.54, 1.807) is 16.4 Å². The fourth-order valence-corrected chi connectivity index (χ4v) is 3.84. The maximum absolute atomic E-state index is 12.5. The Hall–Kier alpha value is -0.910. The lowest BCUT2D eigenvalue weighted by molar-refractivity contribution is 0.288. The molecule has 4 nitrogen and oxygen atoms in total. The Morgan fingerprint density at radius 3 is 2.32 bits per heavy atom. The molecule has 106 valence electrons. The maximum Gasteiger partial charge on any atom is 0.243 e. The molecule has 1 fully saturated rings. The normalized spacial score (nSPS) is 18.6. The van der Waals surface area contributed by atoms with Gasteiger partial charge in [0.2, 0.25) is 10.0 Å². The smallest absolute Gasteiger partial charge is 0.243 e. The predicted molar refractivity (Wildman–Crippen MR) is 76.4 cm³/mol. The van der Waals surface area contributed by atoms with Gasteiger partial charge in [0.15, 0.2) is 0 Å². The van der Waals surface area contributed by atoms with Gasteiger partial charge in [-0.25, -0.2) is 8.42 Å². The summed E-state index contributed by atoms with van der Waals surface area (Å²) in [6.07, 6.45) is 2.68. The summed E-state index contributed by atoms with van der Waals surface area (Å²) in [4.78, 5) is 0.392. The minimum absolute atomic E-state index is 0.392. The first-order valence-corrected chi connectivity index (χ1v) is 8.27. The molecule has 5 heteroatoms. The molecule has 2 rings (SSSR count). The molecule has 0 unspecified atom stereocenters. The van der Waals surface area contributed by atoms with E-state index in [4.69, 9.17) is 5.73 Å². The highest BCUT2D eigenvalue weighted by molar-refractivity contribution is 7.89. The van der Waals surface area contributed by atoms with Gasteiger partial charge < -0.3 is 5.73 Å². The van der Waals surface area contributed by atoms with Gasteiger partial charge in [-0.3, -0.25) is 0 Å². The van der Waals surface area contributed by atoms with Crippen molar-refractivity contribution in [2.45, 2.75) is 31.1 Å². The number of benzene rings is 1. The zero-order chi connectivity index (χ0) is 13.9. The fraction of sp³-hybridized carbons (Fsp3) is 0.571. The highest BCUT2D eigenvalue weighted by atomic mass is 32.2. The van der Waals surface area contributed by atoms with Gasteiger partial charge in [0.25, 0.3) is 0 Å². The molecule has 1 heterocycles. The summed E-state index contributed by atoms with van der Waals surface area (Å²) in [5.74, 6) is 0.624. The van der Waals surface area contributed by atoms with Gasteiger partial charge in [0, 0.05) is 13.1 Å². The van der Waals surface area contributed by atoms with E-state index in [0.717, 1.165) is 24.8 Å². The van der Waals surface area contributed by atoms with E-state index in [0.29, 0.717) is 30.4 Å². The Labute approximate surface area is 115 Å². The van der Waals surface area contributed by atoms with Crippen molar-refractivity contribution in [1.29, 1.82) is 0 Å². The van der Waals surface area contributed by atoms with Gasteiger partial charge in [-0.1, -0.05) is 19.1 Å². The number of piperidine rings is 1. The van der Waals surface area contributed by atoms with Crippen LogP contribution in [0, 0.1) is 5.92 Å². The predicted octanol–water partition coefficient (Wildman–Crippen LogP) is 1.61. The molecule has 1 aromatic carbocycles. The quantitative estimate of drug-likeness (QED) is 0.912. The molecule has 1 aliphatic rings. The fourth-order valence-electron chi connectivity index (χ4n) is 2.37. The standard InChI is InChI=1S/C14H22N2O2S/c1-12-7-10-16(11-8-12)19(17,18)14-4-2-13(3-5-14)6-9-15/h2-5,12H,6-11,15H2,1H3. The summed E-state index contributed by atoms with van der Waals surface area (Å²) in [6.45, 7) is 4.02. The lowest BCUT2D eigenvalue weighted by Gasteiger charge is -2.29. The highest BCUT2D eigenvalue weighted by Gasteiger charge is 2.27. The van der Waals surface area contributed by atoms with Crippen LogP contribution in [0.1, 0.15) is 25.3 Å². The van der Waals surface area contributed by atoms with Crippen LogP contribution in [0.3, 0.4) is 0 Å². The van der Waals surface area contributed by atoms with Crippen molar-refractivity contribution in [3.8, 4) is 0 Å². The van der Waals surface area contributed by atoms with Crippen LogP contribution in [0.4, 0.5) is 0 Å². The minimum atomic E-state index is -3.32. The third kappa shape index (κ3) is 3.35. The van der Waals surface area contributed by atoms with Crippen LogP contribution in [0.5, 0.6) is 0 Å². The van der Waals surface area contributed by atoms with Crippen LogP contribution in [0.15, 0.2) is 29.2 Å². The van der Waals surface area contributed by atoms with Gasteiger partial charge in [0.1, 0.15) is 0 Å². The van der Waals surface area contributed by atoms with Crippen molar-refractivity contribution < 1.29 is 8.42 Å². The Morgan fingerprint density at radius 2 is 1.79 bits per heavy atom. The van der Waals surface area contributed by atoms with Crippen LogP contribution >= 0.6 is 0 Å². The topological polar surface area (TPSA) is 63.4 Å². The van der Waals surface area contributed by atoms with E-state index in [1.807, 2.05) is 12.1 Å². The van der Waals surface area contributed by atoms with Gasteiger partial charge >= 0.3 is 0 Å². The molecule has 2 N–H and O–H groups in total. The molecule has 0 radical (unpaired) electrons. The number of hydrogen-bond acceptors (Lipinski definition) is 3. The van der Waals surface area contributed by atoms with Crippen molar-refractivity contribution in [3.63, 3.8) is 0 Å². The average Bonchev–Trinajstić information content (AvgIpc) is 2.40. The average molecular weight is 282 g/mol. The van der Waals surface area contributed by atoms with Crippen LogP contribution in [-0.2, 0) is 16.4 Å². The summed E-state index contributed by atoms with van der Waals surface area (Å²) < 4.78 is 26.5. The Balaban J connectivity index is 2.15. The highest BCUT2D eigenvalue weighted by Crippen LogP contribution is 2.23. The molecule has 0 aliphatic carbocycles. The molecule has 0 aromatic heterocycles. The van der Waals surface area contributed by atoms with E-state index < -0.39 is 10.0 Å². The van der Waals surface area contributed by atoms with Crippen molar-refractivity contribution in [2.75, 3.05) is 19.6 Å². The molecule has 0 bridgehead atoms. The maximum atomic E-state index is 12.5. The first-order valence-electron chi connectivity index (χ1n) is 6.83. The summed E-state index contributed by atoms with van der Waals surface area (Å²) in [6, 6.07) is 7.09. The molecule has 19 heavy (non-hydrogen) atoms. The second kappa shape index (κ2) is 6.03. The van der Waals surface area contributed by atoms with Gasteiger partial charge in [-0.05, 0) is 49.4 Å². The van der Waals surface area contributed by atoms with Gasteiger partial charge in [-0.15, -0.1) is 0 Å². The molecule has 0 saturated carbocycles. The van der Waals surface area contributed by atoms with Crippen molar-refractivity contribution in [2.24, 2.45) is 11.7 Å². The van der Waals surface area contributed by atoms with Crippen LogP contribution < -0.4 is 5.73 Å².